The number of nitrogens with zero attached hydrogens (tertiary/aromatic N) is 2. The minimum absolute atomic E-state index is 0.0525. The molecule has 1 heterocycles. The number of piperidine rings is 1. The maximum absolute atomic E-state index is 12.8. The highest BCUT2D eigenvalue weighted by Gasteiger charge is 2.42. The van der Waals surface area contributed by atoms with E-state index in [9.17, 15) is 13.2 Å². The van der Waals surface area contributed by atoms with Gasteiger partial charge in [0.1, 0.15) is 6.07 Å². The molecule has 2 nitrogen and oxygen atoms in total. The topological polar surface area (TPSA) is 27.0 Å². The first-order valence-corrected chi connectivity index (χ1v) is 6.25. The Morgan fingerprint density at radius 3 is 2.74 bits per heavy atom. The van der Waals surface area contributed by atoms with Crippen LogP contribution in [0.25, 0.3) is 0 Å². The van der Waals surface area contributed by atoms with E-state index in [1.54, 1.807) is 17.0 Å². The molecular weight excluding hydrogens is 253 g/mol. The molecule has 1 fully saturated rings. The second-order valence-corrected chi connectivity index (χ2v) is 4.91. The normalized spacial score (nSPS) is 20.2. The van der Waals surface area contributed by atoms with Gasteiger partial charge >= 0.3 is 6.18 Å². The summed E-state index contributed by atoms with van der Waals surface area (Å²) < 4.78 is 38.5. The van der Waals surface area contributed by atoms with Gasteiger partial charge in [-0.05, 0) is 31.4 Å². The van der Waals surface area contributed by atoms with E-state index in [2.05, 4.69) is 6.07 Å². The zero-order valence-electron chi connectivity index (χ0n) is 10.7. The van der Waals surface area contributed by atoms with Crippen LogP contribution in [0, 0.1) is 24.2 Å². The van der Waals surface area contributed by atoms with Crippen LogP contribution < -0.4 is 4.90 Å². The van der Waals surface area contributed by atoms with E-state index in [4.69, 9.17) is 5.26 Å². The summed E-state index contributed by atoms with van der Waals surface area (Å²) in [6.07, 6.45) is -3.48. The van der Waals surface area contributed by atoms with Gasteiger partial charge in [0.25, 0.3) is 0 Å². The quantitative estimate of drug-likeness (QED) is 0.777. The number of alkyl halides is 3. The predicted octanol–water partition coefficient (Wildman–Crippen LogP) is 3.65. The summed E-state index contributed by atoms with van der Waals surface area (Å²) >= 11 is 0. The molecule has 1 aliphatic rings. The van der Waals surface area contributed by atoms with Crippen LogP contribution in [0.3, 0.4) is 0 Å². The lowest BCUT2D eigenvalue weighted by atomic mass is 9.95. The lowest BCUT2D eigenvalue weighted by molar-refractivity contribution is -0.176. The molecule has 0 aromatic heterocycles. The fraction of sp³-hybridized carbons (Fsp3) is 0.500. The highest BCUT2D eigenvalue weighted by atomic mass is 19.4. The van der Waals surface area contributed by atoms with E-state index in [0.29, 0.717) is 24.2 Å². The third kappa shape index (κ3) is 2.83. The maximum atomic E-state index is 12.8. The predicted molar refractivity (Wildman–Crippen MR) is 66.9 cm³/mol. The van der Waals surface area contributed by atoms with Crippen molar-refractivity contribution in [1.82, 2.24) is 0 Å². The van der Waals surface area contributed by atoms with E-state index in [1.807, 2.05) is 13.0 Å². The van der Waals surface area contributed by atoms with Crippen molar-refractivity contribution in [3.63, 3.8) is 0 Å². The van der Waals surface area contributed by atoms with Crippen molar-refractivity contribution in [3.8, 4) is 6.07 Å². The molecule has 0 aliphatic carbocycles. The van der Waals surface area contributed by atoms with Crippen LogP contribution in [0.1, 0.15) is 24.0 Å². The third-order valence-electron chi connectivity index (χ3n) is 3.56. The molecule has 0 bridgehead atoms. The Kier molecular flexibility index (Phi) is 3.70. The zero-order chi connectivity index (χ0) is 14.0. The molecule has 19 heavy (non-hydrogen) atoms. The minimum atomic E-state index is -4.16. The molecular formula is C14H15F3N2. The number of aryl methyl sites for hydroxylation is 1. The van der Waals surface area contributed by atoms with Crippen LogP contribution in [-0.4, -0.2) is 19.3 Å². The van der Waals surface area contributed by atoms with Crippen LogP contribution in [0.5, 0.6) is 0 Å². The Hall–Kier alpha value is -1.70. The average Bonchev–Trinajstić information content (AvgIpc) is 2.37. The fourth-order valence-corrected chi connectivity index (χ4v) is 2.62. The molecule has 0 spiro atoms. The van der Waals surface area contributed by atoms with Crippen LogP contribution in [0.2, 0.25) is 0 Å². The number of hydrogen-bond acceptors (Lipinski definition) is 2. The van der Waals surface area contributed by atoms with Gasteiger partial charge in [-0.15, -0.1) is 0 Å². The summed E-state index contributed by atoms with van der Waals surface area (Å²) in [7, 11) is 0. The number of halogens is 3. The summed E-state index contributed by atoms with van der Waals surface area (Å²) in [5.41, 5.74) is 1.95. The van der Waals surface area contributed by atoms with Gasteiger partial charge in [0.05, 0.1) is 17.2 Å². The van der Waals surface area contributed by atoms with Crippen LogP contribution in [0.4, 0.5) is 18.9 Å². The van der Waals surface area contributed by atoms with Crippen LogP contribution in [-0.2, 0) is 0 Å². The van der Waals surface area contributed by atoms with Gasteiger partial charge < -0.3 is 4.90 Å². The first kappa shape index (κ1) is 13.7. The molecule has 0 amide bonds. The Morgan fingerprint density at radius 1 is 1.37 bits per heavy atom. The maximum Gasteiger partial charge on any atom is 0.393 e. The van der Waals surface area contributed by atoms with Gasteiger partial charge in [-0.3, -0.25) is 0 Å². The van der Waals surface area contributed by atoms with Crippen molar-refractivity contribution in [2.45, 2.75) is 25.9 Å². The van der Waals surface area contributed by atoms with Crippen molar-refractivity contribution < 1.29 is 13.2 Å². The Balaban J connectivity index is 2.30. The van der Waals surface area contributed by atoms with Crippen molar-refractivity contribution >= 4 is 5.69 Å². The second-order valence-electron chi connectivity index (χ2n) is 4.91. The molecule has 1 aromatic carbocycles. The number of para-hydroxylation sites is 1. The van der Waals surface area contributed by atoms with Gasteiger partial charge in [0, 0.05) is 13.1 Å². The Morgan fingerprint density at radius 2 is 2.11 bits per heavy atom. The number of hydrogen-bond donors (Lipinski definition) is 0. The molecule has 0 saturated carbocycles. The lowest BCUT2D eigenvalue weighted by Gasteiger charge is -2.36. The summed E-state index contributed by atoms with van der Waals surface area (Å²) in [5, 5.41) is 9.10. The first-order chi connectivity index (χ1) is 8.93. The fourth-order valence-electron chi connectivity index (χ4n) is 2.62. The van der Waals surface area contributed by atoms with E-state index >= 15 is 0 Å². The van der Waals surface area contributed by atoms with Gasteiger partial charge in [0.15, 0.2) is 0 Å². The molecule has 1 atom stereocenters. The molecule has 2 rings (SSSR count). The van der Waals surface area contributed by atoms with Gasteiger partial charge in [-0.25, -0.2) is 0 Å². The number of anilines is 1. The largest absolute Gasteiger partial charge is 0.393 e. The van der Waals surface area contributed by atoms with Crippen LogP contribution in [0.15, 0.2) is 18.2 Å². The van der Waals surface area contributed by atoms with Gasteiger partial charge in [0.2, 0.25) is 0 Å². The lowest BCUT2D eigenvalue weighted by Crippen LogP contribution is -2.42. The van der Waals surface area contributed by atoms with E-state index in [0.717, 1.165) is 5.56 Å². The second kappa shape index (κ2) is 5.12. The van der Waals surface area contributed by atoms with E-state index < -0.39 is 12.1 Å². The van der Waals surface area contributed by atoms with Crippen molar-refractivity contribution in [1.29, 1.82) is 5.26 Å². The Bertz CT molecular complexity index is 502. The Labute approximate surface area is 110 Å². The summed E-state index contributed by atoms with van der Waals surface area (Å²) in [6.45, 7) is 2.35. The summed E-state index contributed by atoms with van der Waals surface area (Å²) in [6, 6.07) is 7.30. The van der Waals surface area contributed by atoms with E-state index in [1.165, 1.54) is 0 Å². The monoisotopic (exact) mass is 268 g/mol. The molecule has 1 aromatic rings. The highest BCUT2D eigenvalue weighted by Crippen LogP contribution is 2.36. The smallest absolute Gasteiger partial charge is 0.370 e. The van der Waals surface area contributed by atoms with Crippen LogP contribution >= 0.6 is 0 Å². The third-order valence-corrected chi connectivity index (χ3v) is 3.56. The molecule has 0 N–H and O–H groups in total. The minimum Gasteiger partial charge on any atom is -0.370 e. The molecule has 102 valence electrons. The number of benzene rings is 1. The molecule has 1 aliphatic heterocycles. The number of rotatable bonds is 1. The average molecular weight is 268 g/mol. The van der Waals surface area contributed by atoms with Gasteiger partial charge in [-0.2, -0.15) is 18.4 Å². The van der Waals surface area contributed by atoms with Crippen molar-refractivity contribution in [2.24, 2.45) is 5.92 Å². The van der Waals surface area contributed by atoms with Gasteiger partial charge in [-0.1, -0.05) is 12.1 Å². The molecule has 1 saturated heterocycles. The molecule has 1 unspecified atom stereocenters. The highest BCUT2D eigenvalue weighted by molar-refractivity contribution is 5.64. The number of nitriles is 1. The SMILES string of the molecule is Cc1cccc(C#N)c1N1CCCC(C(F)(F)F)C1. The van der Waals surface area contributed by atoms with E-state index in [-0.39, 0.29) is 13.0 Å². The standard InChI is InChI=1S/C14H15F3N2/c1-10-4-2-5-11(8-18)13(10)19-7-3-6-12(9-19)14(15,16)17/h2,4-5,12H,3,6-7,9H2,1H3. The molecule has 5 heteroatoms. The first-order valence-electron chi connectivity index (χ1n) is 6.25. The zero-order valence-corrected chi connectivity index (χ0v) is 10.7. The molecule has 0 radical (unpaired) electrons. The van der Waals surface area contributed by atoms with Crippen molar-refractivity contribution in [3.05, 3.63) is 29.3 Å². The summed E-state index contributed by atoms with van der Waals surface area (Å²) in [4.78, 5) is 1.70. The summed E-state index contributed by atoms with van der Waals surface area (Å²) in [5.74, 6) is -1.30. The van der Waals surface area contributed by atoms with Crippen molar-refractivity contribution in [2.75, 3.05) is 18.0 Å².